The van der Waals surface area contributed by atoms with Crippen molar-refractivity contribution in [3.63, 3.8) is 0 Å². The number of hydrogen-bond donors (Lipinski definition) is 2. The van der Waals surface area contributed by atoms with Crippen LogP contribution in [0.3, 0.4) is 0 Å². The second-order valence-corrected chi connectivity index (χ2v) is 4.50. The highest BCUT2D eigenvalue weighted by atomic mass is 19.4. The van der Waals surface area contributed by atoms with Crippen molar-refractivity contribution < 1.29 is 18.0 Å². The summed E-state index contributed by atoms with van der Waals surface area (Å²) in [6, 6.07) is 3.51. The molecule has 0 aliphatic heterocycles. The molecule has 0 unspecified atom stereocenters. The normalized spacial score (nSPS) is 11.6. The molecule has 0 saturated carbocycles. The van der Waals surface area contributed by atoms with Gasteiger partial charge in [-0.05, 0) is 31.0 Å². The van der Waals surface area contributed by atoms with Crippen molar-refractivity contribution in [1.29, 1.82) is 0 Å². The van der Waals surface area contributed by atoms with Gasteiger partial charge in [-0.3, -0.25) is 4.79 Å². The third-order valence-electron chi connectivity index (χ3n) is 3.18. The summed E-state index contributed by atoms with van der Waals surface area (Å²) in [6.07, 6.45) is -3.02. The molecule has 0 fully saturated rings. The zero-order chi connectivity index (χ0) is 15.3. The molecule has 2 N–H and O–H groups in total. The highest BCUT2D eigenvalue weighted by Crippen LogP contribution is 2.35. The number of alkyl halides is 3. The number of benzene rings is 1. The van der Waals surface area contributed by atoms with Crippen molar-refractivity contribution in [2.24, 2.45) is 0 Å². The smallest absolute Gasteiger partial charge is 0.388 e. The van der Waals surface area contributed by atoms with Crippen LogP contribution in [0.25, 0.3) is 0 Å². The van der Waals surface area contributed by atoms with Gasteiger partial charge in [0.05, 0.1) is 5.56 Å². The fourth-order valence-electron chi connectivity index (χ4n) is 1.90. The molecule has 1 amide bonds. The first kappa shape index (κ1) is 16.3. The molecule has 112 valence electrons. The number of carbonyl (C=O) groups is 1. The highest BCUT2D eigenvalue weighted by Gasteiger charge is 2.34. The van der Waals surface area contributed by atoms with Crippen LogP contribution in [0.15, 0.2) is 18.2 Å². The van der Waals surface area contributed by atoms with Gasteiger partial charge in [0.1, 0.15) is 0 Å². The summed E-state index contributed by atoms with van der Waals surface area (Å²) in [4.78, 5) is 12.0. The quantitative estimate of drug-likeness (QED) is 0.868. The summed E-state index contributed by atoms with van der Waals surface area (Å²) >= 11 is 0. The maximum absolute atomic E-state index is 12.9. The Kier molecular flexibility index (Phi) is 5.42. The van der Waals surface area contributed by atoms with Crippen LogP contribution in [0.5, 0.6) is 0 Å². The summed E-state index contributed by atoms with van der Waals surface area (Å²) in [7, 11) is 1.41. The van der Waals surface area contributed by atoms with Crippen molar-refractivity contribution in [2.75, 3.05) is 12.4 Å². The minimum Gasteiger partial charge on any atom is -0.388 e. The van der Waals surface area contributed by atoms with E-state index in [2.05, 4.69) is 10.6 Å². The van der Waals surface area contributed by atoms with Crippen LogP contribution in [-0.2, 0) is 6.18 Å². The topological polar surface area (TPSA) is 41.1 Å². The van der Waals surface area contributed by atoms with Gasteiger partial charge >= 0.3 is 6.18 Å². The molecular formula is C14H19F3N2O. The highest BCUT2D eigenvalue weighted by molar-refractivity contribution is 5.95. The van der Waals surface area contributed by atoms with E-state index in [1.807, 2.05) is 13.8 Å². The minimum atomic E-state index is -4.50. The zero-order valence-electron chi connectivity index (χ0n) is 11.8. The third kappa shape index (κ3) is 3.88. The summed E-state index contributed by atoms with van der Waals surface area (Å²) in [5, 5.41) is 5.20. The summed E-state index contributed by atoms with van der Waals surface area (Å²) in [5.74, 6) is -0.480. The van der Waals surface area contributed by atoms with Gasteiger partial charge < -0.3 is 10.6 Å². The van der Waals surface area contributed by atoms with Crippen LogP contribution in [0.2, 0.25) is 0 Å². The van der Waals surface area contributed by atoms with Crippen LogP contribution in [0.1, 0.15) is 42.6 Å². The van der Waals surface area contributed by atoms with E-state index in [1.54, 1.807) is 0 Å². The zero-order valence-corrected chi connectivity index (χ0v) is 11.8. The van der Waals surface area contributed by atoms with Crippen molar-refractivity contribution in [2.45, 2.75) is 38.9 Å². The molecule has 0 atom stereocenters. The minimum absolute atomic E-state index is 0.0169. The lowest BCUT2D eigenvalue weighted by Crippen LogP contribution is -2.34. The van der Waals surface area contributed by atoms with Crippen molar-refractivity contribution in [3.8, 4) is 0 Å². The van der Waals surface area contributed by atoms with Crippen molar-refractivity contribution >= 4 is 11.6 Å². The van der Waals surface area contributed by atoms with Gasteiger partial charge in [0.15, 0.2) is 0 Å². The molecule has 0 bridgehead atoms. The van der Waals surface area contributed by atoms with E-state index < -0.39 is 17.6 Å². The average molecular weight is 288 g/mol. The lowest BCUT2D eigenvalue weighted by Gasteiger charge is -2.17. The molecule has 0 radical (unpaired) electrons. The van der Waals surface area contributed by atoms with Crippen molar-refractivity contribution in [3.05, 3.63) is 29.3 Å². The van der Waals surface area contributed by atoms with Gasteiger partial charge in [-0.15, -0.1) is 0 Å². The number of rotatable bonds is 5. The Morgan fingerprint density at radius 1 is 1.25 bits per heavy atom. The fraction of sp³-hybridized carbons (Fsp3) is 0.500. The molecule has 3 nitrogen and oxygen atoms in total. The molecular weight excluding hydrogens is 269 g/mol. The number of carbonyl (C=O) groups excluding carboxylic acids is 1. The molecule has 1 aromatic rings. The van der Waals surface area contributed by atoms with Crippen molar-refractivity contribution in [1.82, 2.24) is 5.32 Å². The SMILES string of the molecule is CCC(CC)NC(=O)c1ccc(NC)c(C(F)(F)F)c1. The lowest BCUT2D eigenvalue weighted by atomic mass is 10.1. The molecule has 20 heavy (non-hydrogen) atoms. The molecule has 1 rings (SSSR count). The molecule has 0 aliphatic carbocycles. The van der Waals surface area contributed by atoms with Gasteiger partial charge in [-0.2, -0.15) is 13.2 Å². The number of nitrogens with one attached hydrogen (secondary N) is 2. The van der Waals surface area contributed by atoms with E-state index in [1.165, 1.54) is 19.2 Å². The molecule has 0 spiro atoms. The van der Waals surface area contributed by atoms with Gasteiger partial charge in [0.25, 0.3) is 5.91 Å². The van der Waals surface area contributed by atoms with E-state index in [9.17, 15) is 18.0 Å². The number of amides is 1. The Morgan fingerprint density at radius 3 is 2.30 bits per heavy atom. The second-order valence-electron chi connectivity index (χ2n) is 4.50. The average Bonchev–Trinajstić information content (AvgIpc) is 2.42. The number of hydrogen-bond acceptors (Lipinski definition) is 2. The monoisotopic (exact) mass is 288 g/mol. The van der Waals surface area contributed by atoms with Crippen LogP contribution >= 0.6 is 0 Å². The Bertz CT molecular complexity index is 468. The fourth-order valence-corrected chi connectivity index (χ4v) is 1.90. The molecule has 0 aliphatic rings. The summed E-state index contributed by atoms with van der Waals surface area (Å²) in [5.41, 5.74) is -0.864. The molecule has 0 saturated heterocycles. The van der Waals surface area contributed by atoms with Gasteiger partial charge in [0, 0.05) is 24.3 Å². The Balaban J connectivity index is 3.06. The van der Waals surface area contributed by atoms with E-state index in [-0.39, 0.29) is 17.3 Å². The van der Waals surface area contributed by atoms with Crippen LogP contribution in [0, 0.1) is 0 Å². The van der Waals surface area contributed by atoms with Gasteiger partial charge in [-0.25, -0.2) is 0 Å². The Hall–Kier alpha value is -1.72. The first-order valence-corrected chi connectivity index (χ1v) is 6.53. The summed E-state index contributed by atoms with van der Waals surface area (Å²) < 4.78 is 38.7. The molecule has 0 heterocycles. The standard InChI is InChI=1S/C14H19F3N2O/c1-4-10(5-2)19-13(20)9-6-7-12(18-3)11(8-9)14(15,16)17/h6-8,10,18H,4-5H2,1-3H3,(H,19,20). The molecule has 6 heteroatoms. The van der Waals surface area contributed by atoms with E-state index in [0.29, 0.717) is 0 Å². The van der Waals surface area contributed by atoms with Gasteiger partial charge in [-0.1, -0.05) is 13.8 Å². The lowest BCUT2D eigenvalue weighted by molar-refractivity contribution is -0.136. The van der Waals surface area contributed by atoms with Crippen LogP contribution in [0.4, 0.5) is 18.9 Å². The Labute approximate surface area is 116 Å². The van der Waals surface area contributed by atoms with E-state index in [4.69, 9.17) is 0 Å². The molecule has 0 aromatic heterocycles. The largest absolute Gasteiger partial charge is 0.418 e. The van der Waals surface area contributed by atoms with Gasteiger partial charge in [0.2, 0.25) is 0 Å². The predicted molar refractivity (Wildman–Crippen MR) is 72.8 cm³/mol. The van der Waals surface area contributed by atoms with E-state index in [0.717, 1.165) is 18.9 Å². The first-order valence-electron chi connectivity index (χ1n) is 6.53. The van der Waals surface area contributed by atoms with Crippen LogP contribution in [-0.4, -0.2) is 19.0 Å². The number of anilines is 1. The van der Waals surface area contributed by atoms with E-state index >= 15 is 0 Å². The first-order chi connectivity index (χ1) is 9.33. The number of halogens is 3. The summed E-state index contributed by atoms with van der Waals surface area (Å²) in [6.45, 7) is 3.83. The maximum Gasteiger partial charge on any atom is 0.418 e. The Morgan fingerprint density at radius 2 is 1.85 bits per heavy atom. The predicted octanol–water partition coefficient (Wildman–Crippen LogP) is 3.67. The second kappa shape index (κ2) is 6.63. The third-order valence-corrected chi connectivity index (χ3v) is 3.18. The van der Waals surface area contributed by atoms with Crippen LogP contribution < -0.4 is 10.6 Å². The molecule has 1 aromatic carbocycles. The maximum atomic E-state index is 12.9.